The molecule has 3 fully saturated rings. The van der Waals surface area contributed by atoms with Gasteiger partial charge in [-0.3, -0.25) is 9.59 Å². The van der Waals surface area contributed by atoms with Crippen LogP contribution >= 0.6 is 0 Å². The molecule has 23 heavy (non-hydrogen) atoms. The predicted molar refractivity (Wildman–Crippen MR) is 90.9 cm³/mol. The first-order valence-electron chi connectivity index (χ1n) is 9.72. The zero-order valence-electron chi connectivity index (χ0n) is 14.7. The summed E-state index contributed by atoms with van der Waals surface area (Å²) in [6, 6.07) is 0. The Morgan fingerprint density at radius 3 is 2.65 bits per heavy atom. The van der Waals surface area contributed by atoms with Crippen LogP contribution in [0.5, 0.6) is 0 Å². The summed E-state index contributed by atoms with van der Waals surface area (Å²) in [6.45, 7) is 5.39. The van der Waals surface area contributed by atoms with Crippen molar-refractivity contribution >= 4 is 11.8 Å². The molecule has 0 unspecified atom stereocenters. The fraction of sp³-hybridized carbons (Fsp3) is 0.895. The van der Waals surface area contributed by atoms with Crippen LogP contribution in [0.3, 0.4) is 0 Å². The maximum Gasteiger partial charge on any atom is 0.230 e. The molecule has 2 saturated heterocycles. The SMILES string of the molecule is CCCC(=O)N1CC[C@]2(CCCN(CC3CCCCC3)C2=O)C1. The van der Waals surface area contributed by atoms with Crippen molar-refractivity contribution in [1.29, 1.82) is 0 Å². The van der Waals surface area contributed by atoms with E-state index in [-0.39, 0.29) is 11.3 Å². The standard InChI is InChI=1S/C19H32N2O2/c1-2-7-17(22)21-13-11-19(15-21)10-6-12-20(18(19)23)14-16-8-4-3-5-9-16/h16H,2-15H2,1H3/t19-/m1/s1. The molecule has 2 amide bonds. The normalized spacial score (nSPS) is 29.5. The molecule has 130 valence electrons. The number of nitrogens with zero attached hydrogens (tertiary/aromatic N) is 2. The van der Waals surface area contributed by atoms with Crippen LogP contribution in [0.4, 0.5) is 0 Å². The molecule has 4 nitrogen and oxygen atoms in total. The van der Waals surface area contributed by atoms with Gasteiger partial charge in [-0.15, -0.1) is 0 Å². The summed E-state index contributed by atoms with van der Waals surface area (Å²) in [7, 11) is 0. The lowest BCUT2D eigenvalue weighted by molar-refractivity contribution is -0.147. The van der Waals surface area contributed by atoms with Gasteiger partial charge in [-0.2, -0.15) is 0 Å². The first-order chi connectivity index (χ1) is 11.1. The van der Waals surface area contributed by atoms with Crippen molar-refractivity contribution in [1.82, 2.24) is 9.80 Å². The van der Waals surface area contributed by atoms with E-state index >= 15 is 0 Å². The third-order valence-electron chi connectivity index (χ3n) is 6.20. The third kappa shape index (κ3) is 3.56. The second-order valence-electron chi connectivity index (χ2n) is 7.95. The highest BCUT2D eigenvalue weighted by atomic mass is 16.2. The average Bonchev–Trinajstić information content (AvgIpc) is 2.99. The lowest BCUT2D eigenvalue weighted by atomic mass is 9.77. The summed E-state index contributed by atoms with van der Waals surface area (Å²) in [5.74, 6) is 1.30. The van der Waals surface area contributed by atoms with Gasteiger partial charge in [0.25, 0.3) is 0 Å². The topological polar surface area (TPSA) is 40.6 Å². The van der Waals surface area contributed by atoms with E-state index in [9.17, 15) is 9.59 Å². The third-order valence-corrected chi connectivity index (χ3v) is 6.20. The summed E-state index contributed by atoms with van der Waals surface area (Å²) in [5, 5.41) is 0. The van der Waals surface area contributed by atoms with Gasteiger partial charge < -0.3 is 9.80 Å². The highest BCUT2D eigenvalue weighted by Gasteiger charge is 2.49. The number of hydrogen-bond acceptors (Lipinski definition) is 2. The fourth-order valence-electron chi connectivity index (χ4n) is 4.84. The lowest BCUT2D eigenvalue weighted by Gasteiger charge is -2.41. The number of piperidine rings is 1. The monoisotopic (exact) mass is 320 g/mol. The van der Waals surface area contributed by atoms with Gasteiger partial charge in [0.2, 0.25) is 11.8 Å². The lowest BCUT2D eigenvalue weighted by Crippen LogP contribution is -2.51. The second kappa shape index (κ2) is 7.23. The highest BCUT2D eigenvalue weighted by molar-refractivity contribution is 5.86. The van der Waals surface area contributed by atoms with E-state index in [0.29, 0.717) is 24.8 Å². The van der Waals surface area contributed by atoms with E-state index in [1.54, 1.807) is 0 Å². The van der Waals surface area contributed by atoms with E-state index in [4.69, 9.17) is 0 Å². The van der Waals surface area contributed by atoms with Gasteiger partial charge in [0.1, 0.15) is 0 Å². The molecule has 3 aliphatic rings. The molecule has 0 aromatic rings. The number of rotatable bonds is 4. The first kappa shape index (κ1) is 16.8. The van der Waals surface area contributed by atoms with Gasteiger partial charge in [-0.05, 0) is 44.4 Å². The summed E-state index contributed by atoms with van der Waals surface area (Å²) in [5.41, 5.74) is -0.254. The Morgan fingerprint density at radius 1 is 1.13 bits per heavy atom. The summed E-state index contributed by atoms with van der Waals surface area (Å²) < 4.78 is 0. The summed E-state index contributed by atoms with van der Waals surface area (Å²) in [6.07, 6.45) is 11.1. The number of carbonyl (C=O) groups excluding carboxylic acids is 2. The smallest absolute Gasteiger partial charge is 0.230 e. The van der Waals surface area contributed by atoms with E-state index in [2.05, 4.69) is 4.90 Å². The molecular weight excluding hydrogens is 288 g/mol. The van der Waals surface area contributed by atoms with Gasteiger partial charge in [-0.1, -0.05) is 26.2 Å². The molecular formula is C19H32N2O2. The van der Waals surface area contributed by atoms with Crippen molar-refractivity contribution in [2.45, 2.75) is 71.1 Å². The van der Waals surface area contributed by atoms with Crippen molar-refractivity contribution < 1.29 is 9.59 Å². The number of carbonyl (C=O) groups is 2. The Bertz CT molecular complexity index is 445. The van der Waals surface area contributed by atoms with Crippen LogP contribution in [0.15, 0.2) is 0 Å². The summed E-state index contributed by atoms with van der Waals surface area (Å²) >= 11 is 0. The van der Waals surface area contributed by atoms with Crippen molar-refractivity contribution in [3.63, 3.8) is 0 Å². The molecule has 4 heteroatoms. The predicted octanol–water partition coefficient (Wildman–Crippen LogP) is 3.21. The molecule has 0 N–H and O–H groups in total. The minimum atomic E-state index is -0.254. The van der Waals surface area contributed by atoms with E-state index in [1.807, 2.05) is 11.8 Å². The number of hydrogen-bond donors (Lipinski definition) is 0. The Morgan fingerprint density at radius 2 is 1.91 bits per heavy atom. The number of amides is 2. The first-order valence-corrected chi connectivity index (χ1v) is 9.72. The molecule has 2 aliphatic heterocycles. The van der Waals surface area contributed by atoms with E-state index < -0.39 is 0 Å². The van der Waals surface area contributed by atoms with Crippen LogP contribution in [0, 0.1) is 11.3 Å². The van der Waals surface area contributed by atoms with Crippen LogP contribution in [0.25, 0.3) is 0 Å². The minimum absolute atomic E-state index is 0.238. The quantitative estimate of drug-likeness (QED) is 0.798. The number of likely N-dealkylation sites (tertiary alicyclic amines) is 2. The fourth-order valence-corrected chi connectivity index (χ4v) is 4.84. The van der Waals surface area contributed by atoms with Crippen LogP contribution in [0.1, 0.15) is 71.1 Å². The van der Waals surface area contributed by atoms with E-state index in [1.165, 1.54) is 32.1 Å². The maximum atomic E-state index is 13.1. The van der Waals surface area contributed by atoms with Crippen molar-refractivity contribution in [3.8, 4) is 0 Å². The van der Waals surface area contributed by atoms with E-state index in [0.717, 1.165) is 45.3 Å². The maximum absolute atomic E-state index is 13.1. The van der Waals surface area contributed by atoms with Crippen molar-refractivity contribution in [3.05, 3.63) is 0 Å². The molecule has 1 atom stereocenters. The van der Waals surface area contributed by atoms with Gasteiger partial charge in [0.15, 0.2) is 0 Å². The van der Waals surface area contributed by atoms with Crippen LogP contribution in [-0.4, -0.2) is 47.8 Å². The molecule has 2 heterocycles. The zero-order chi connectivity index (χ0) is 16.3. The Labute approximate surface area is 140 Å². The van der Waals surface area contributed by atoms with Crippen LogP contribution < -0.4 is 0 Å². The Kier molecular flexibility index (Phi) is 5.27. The largest absolute Gasteiger partial charge is 0.342 e. The molecule has 1 aliphatic carbocycles. The molecule has 0 aromatic carbocycles. The summed E-state index contributed by atoms with van der Waals surface area (Å²) in [4.78, 5) is 29.4. The van der Waals surface area contributed by atoms with Gasteiger partial charge >= 0.3 is 0 Å². The Balaban J connectivity index is 1.61. The van der Waals surface area contributed by atoms with Crippen molar-refractivity contribution in [2.75, 3.05) is 26.2 Å². The van der Waals surface area contributed by atoms with Crippen LogP contribution in [-0.2, 0) is 9.59 Å². The zero-order valence-corrected chi connectivity index (χ0v) is 14.7. The highest BCUT2D eigenvalue weighted by Crippen LogP contribution is 2.41. The molecule has 0 aromatic heterocycles. The molecule has 3 rings (SSSR count). The average molecular weight is 320 g/mol. The van der Waals surface area contributed by atoms with Gasteiger partial charge in [0, 0.05) is 32.6 Å². The second-order valence-corrected chi connectivity index (χ2v) is 7.95. The molecule has 0 radical (unpaired) electrons. The van der Waals surface area contributed by atoms with Gasteiger partial charge in [0.05, 0.1) is 5.41 Å². The molecule has 0 bridgehead atoms. The van der Waals surface area contributed by atoms with Gasteiger partial charge in [-0.25, -0.2) is 0 Å². The Hall–Kier alpha value is -1.06. The van der Waals surface area contributed by atoms with Crippen LogP contribution in [0.2, 0.25) is 0 Å². The van der Waals surface area contributed by atoms with Crippen molar-refractivity contribution in [2.24, 2.45) is 11.3 Å². The molecule has 1 saturated carbocycles. The minimum Gasteiger partial charge on any atom is -0.342 e. The molecule has 1 spiro atoms.